The lowest BCUT2D eigenvalue weighted by Crippen LogP contribution is -2.34. The topological polar surface area (TPSA) is 60.5 Å². The van der Waals surface area contributed by atoms with Gasteiger partial charge in [-0.25, -0.2) is 4.98 Å². The summed E-state index contributed by atoms with van der Waals surface area (Å²) in [6, 6.07) is 7.33. The van der Waals surface area contributed by atoms with Crippen LogP contribution in [0.1, 0.15) is 32.1 Å². The molecule has 3 rings (SSSR count). The Morgan fingerprint density at radius 1 is 1.29 bits per heavy atom. The van der Waals surface area contributed by atoms with E-state index in [1.165, 1.54) is 37.0 Å². The molecule has 1 heterocycles. The fourth-order valence-electron chi connectivity index (χ4n) is 3.05. The largest absolute Gasteiger partial charge is 0.497 e. The normalized spacial score (nSPS) is 15.9. The number of hydrogen-bond donors (Lipinski definition) is 1. The lowest BCUT2D eigenvalue weighted by Gasteiger charge is -2.21. The number of anilines is 1. The Bertz CT molecular complexity index is 637. The summed E-state index contributed by atoms with van der Waals surface area (Å²) >= 11 is 1.41. The van der Waals surface area contributed by atoms with E-state index in [4.69, 9.17) is 9.47 Å². The molecule has 1 aliphatic carbocycles. The molecule has 1 N–H and O–H groups in total. The molecule has 128 valence electrons. The molecule has 5 nitrogen and oxygen atoms in total. The molecule has 1 aromatic heterocycles. The molecular formula is C18H22N2O3S. The van der Waals surface area contributed by atoms with Crippen LogP contribution in [0.5, 0.6) is 11.5 Å². The fourth-order valence-corrected chi connectivity index (χ4v) is 3.58. The highest BCUT2D eigenvalue weighted by Crippen LogP contribution is 2.30. The second kappa shape index (κ2) is 8.15. The Balaban J connectivity index is 1.68. The number of carbonyl (C=O) groups excluding carboxylic acids is 1. The number of rotatable bonds is 7. The number of nitrogens with one attached hydrogen (secondary N) is 1. The van der Waals surface area contributed by atoms with Gasteiger partial charge in [0.1, 0.15) is 11.5 Å². The maximum atomic E-state index is 12.6. The highest BCUT2D eigenvalue weighted by molar-refractivity contribution is 7.13. The van der Waals surface area contributed by atoms with Crippen molar-refractivity contribution in [2.75, 3.05) is 12.4 Å². The molecule has 1 saturated carbocycles. The monoisotopic (exact) mass is 346 g/mol. The van der Waals surface area contributed by atoms with E-state index < -0.39 is 6.10 Å². The van der Waals surface area contributed by atoms with Crippen molar-refractivity contribution < 1.29 is 14.3 Å². The van der Waals surface area contributed by atoms with Crippen molar-refractivity contribution in [1.82, 2.24) is 4.98 Å². The number of thiazole rings is 1. The molecule has 1 atom stereocenters. The third-order valence-corrected chi connectivity index (χ3v) is 5.00. The van der Waals surface area contributed by atoms with Crippen LogP contribution in [0.25, 0.3) is 0 Å². The van der Waals surface area contributed by atoms with Gasteiger partial charge in [0.25, 0.3) is 5.91 Å². The minimum absolute atomic E-state index is 0.132. The van der Waals surface area contributed by atoms with E-state index in [2.05, 4.69) is 10.3 Å². The lowest BCUT2D eigenvalue weighted by molar-refractivity contribution is -0.123. The average Bonchev–Trinajstić information content (AvgIpc) is 3.29. The van der Waals surface area contributed by atoms with Crippen molar-refractivity contribution >= 4 is 22.4 Å². The van der Waals surface area contributed by atoms with Gasteiger partial charge in [-0.2, -0.15) is 0 Å². The first-order chi connectivity index (χ1) is 11.7. The average molecular weight is 346 g/mol. The molecule has 0 radical (unpaired) electrons. The smallest absolute Gasteiger partial charge is 0.267 e. The first kappa shape index (κ1) is 16.8. The van der Waals surface area contributed by atoms with E-state index >= 15 is 0 Å². The van der Waals surface area contributed by atoms with E-state index in [1.807, 2.05) is 29.6 Å². The van der Waals surface area contributed by atoms with Crippen molar-refractivity contribution in [2.45, 2.75) is 38.2 Å². The van der Waals surface area contributed by atoms with Gasteiger partial charge in [-0.15, -0.1) is 11.3 Å². The second-order valence-electron chi connectivity index (χ2n) is 5.99. The van der Waals surface area contributed by atoms with Gasteiger partial charge < -0.3 is 9.47 Å². The molecule has 0 spiro atoms. The zero-order valence-electron chi connectivity index (χ0n) is 13.7. The van der Waals surface area contributed by atoms with Gasteiger partial charge in [-0.05, 0) is 36.6 Å². The van der Waals surface area contributed by atoms with E-state index in [1.54, 1.807) is 13.3 Å². The summed E-state index contributed by atoms with van der Waals surface area (Å²) in [6.07, 6.45) is 6.74. The Labute approximate surface area is 146 Å². The Morgan fingerprint density at radius 3 is 2.62 bits per heavy atom. The molecule has 1 fully saturated rings. The third-order valence-electron chi connectivity index (χ3n) is 4.31. The van der Waals surface area contributed by atoms with E-state index in [0.717, 1.165) is 12.2 Å². The van der Waals surface area contributed by atoms with Crippen LogP contribution in [0.2, 0.25) is 0 Å². The van der Waals surface area contributed by atoms with E-state index in [-0.39, 0.29) is 5.91 Å². The number of hydrogen-bond acceptors (Lipinski definition) is 5. The van der Waals surface area contributed by atoms with Crippen LogP contribution < -0.4 is 14.8 Å². The number of amides is 1. The maximum absolute atomic E-state index is 12.6. The predicted molar refractivity (Wildman–Crippen MR) is 94.7 cm³/mol. The summed E-state index contributed by atoms with van der Waals surface area (Å²) in [5.41, 5.74) is 0. The molecule has 0 bridgehead atoms. The van der Waals surface area contributed by atoms with Crippen LogP contribution >= 0.6 is 11.3 Å². The van der Waals surface area contributed by atoms with Crippen molar-refractivity contribution in [3.05, 3.63) is 35.8 Å². The second-order valence-corrected chi connectivity index (χ2v) is 6.89. The van der Waals surface area contributed by atoms with Crippen LogP contribution in [0.4, 0.5) is 5.13 Å². The summed E-state index contributed by atoms with van der Waals surface area (Å²) in [5, 5.41) is 5.30. The highest BCUT2D eigenvalue weighted by atomic mass is 32.1. The van der Waals surface area contributed by atoms with E-state index in [0.29, 0.717) is 16.8 Å². The van der Waals surface area contributed by atoms with Gasteiger partial charge in [0.05, 0.1) is 7.11 Å². The van der Waals surface area contributed by atoms with E-state index in [9.17, 15) is 4.79 Å². The first-order valence-corrected chi connectivity index (χ1v) is 9.13. The molecular weight excluding hydrogens is 324 g/mol. The molecule has 1 unspecified atom stereocenters. The Morgan fingerprint density at radius 2 is 2.00 bits per heavy atom. The molecule has 1 amide bonds. The van der Waals surface area contributed by atoms with Gasteiger partial charge in [0, 0.05) is 11.6 Å². The van der Waals surface area contributed by atoms with Crippen LogP contribution in [0.3, 0.4) is 0 Å². The van der Waals surface area contributed by atoms with Gasteiger partial charge in [-0.1, -0.05) is 25.7 Å². The SMILES string of the molecule is COc1ccc(OC(CC2CCCC2)C(=O)Nc2nccs2)cc1. The quantitative estimate of drug-likeness (QED) is 0.819. The number of nitrogens with zero attached hydrogens (tertiary/aromatic N) is 1. The molecule has 1 aromatic carbocycles. The standard InChI is InChI=1S/C18H22N2O3S/c1-22-14-6-8-15(9-7-14)23-16(12-13-4-2-3-5-13)17(21)20-18-19-10-11-24-18/h6-11,13,16H,2-5,12H2,1H3,(H,19,20,21). The summed E-state index contributed by atoms with van der Waals surface area (Å²) in [5.74, 6) is 1.86. The van der Waals surface area contributed by atoms with Crippen molar-refractivity contribution in [3.63, 3.8) is 0 Å². The Hall–Kier alpha value is -2.08. The van der Waals surface area contributed by atoms with Gasteiger partial charge in [0.2, 0.25) is 0 Å². The van der Waals surface area contributed by atoms with Crippen molar-refractivity contribution in [2.24, 2.45) is 5.92 Å². The number of carbonyl (C=O) groups is 1. The zero-order valence-corrected chi connectivity index (χ0v) is 14.6. The van der Waals surface area contributed by atoms with Crippen molar-refractivity contribution in [3.8, 4) is 11.5 Å². The minimum atomic E-state index is -0.509. The highest BCUT2D eigenvalue weighted by Gasteiger charge is 2.27. The van der Waals surface area contributed by atoms with Crippen LogP contribution in [-0.2, 0) is 4.79 Å². The lowest BCUT2D eigenvalue weighted by atomic mass is 9.99. The molecule has 1 aliphatic rings. The van der Waals surface area contributed by atoms with Crippen molar-refractivity contribution in [1.29, 1.82) is 0 Å². The van der Waals surface area contributed by atoms with Gasteiger partial charge in [-0.3, -0.25) is 10.1 Å². The molecule has 0 aliphatic heterocycles. The number of benzene rings is 1. The summed E-state index contributed by atoms with van der Waals surface area (Å²) < 4.78 is 11.2. The zero-order chi connectivity index (χ0) is 16.8. The third kappa shape index (κ3) is 4.47. The number of ether oxygens (including phenoxy) is 2. The maximum Gasteiger partial charge on any atom is 0.267 e. The van der Waals surface area contributed by atoms with Gasteiger partial charge >= 0.3 is 0 Å². The summed E-state index contributed by atoms with van der Waals surface area (Å²) in [7, 11) is 1.63. The minimum Gasteiger partial charge on any atom is -0.497 e. The summed E-state index contributed by atoms with van der Waals surface area (Å²) in [6.45, 7) is 0. The summed E-state index contributed by atoms with van der Waals surface area (Å²) in [4.78, 5) is 16.7. The molecule has 24 heavy (non-hydrogen) atoms. The Kier molecular flexibility index (Phi) is 5.69. The molecule has 2 aromatic rings. The van der Waals surface area contributed by atoms with Crippen LogP contribution in [0.15, 0.2) is 35.8 Å². The first-order valence-electron chi connectivity index (χ1n) is 8.25. The van der Waals surface area contributed by atoms with Crippen LogP contribution in [0, 0.1) is 5.92 Å². The van der Waals surface area contributed by atoms with Gasteiger partial charge in [0.15, 0.2) is 11.2 Å². The number of aromatic nitrogens is 1. The molecule has 0 saturated heterocycles. The molecule has 6 heteroatoms. The number of methoxy groups -OCH3 is 1. The van der Waals surface area contributed by atoms with Crippen LogP contribution in [-0.4, -0.2) is 24.1 Å². The predicted octanol–water partition coefficient (Wildman–Crippen LogP) is 4.12. The fraction of sp³-hybridized carbons (Fsp3) is 0.444.